The van der Waals surface area contributed by atoms with Crippen molar-refractivity contribution >= 4 is 5.69 Å². The second-order valence-corrected chi connectivity index (χ2v) is 4.25. The summed E-state index contributed by atoms with van der Waals surface area (Å²) in [5, 5.41) is 12.5. The molecule has 0 saturated carbocycles. The van der Waals surface area contributed by atoms with E-state index in [1.54, 1.807) is 12.1 Å². The number of hydrogen-bond donors (Lipinski definition) is 2. The lowest BCUT2D eigenvalue weighted by Crippen LogP contribution is -2.15. The molecule has 106 valence electrons. The molecule has 1 atom stereocenters. The van der Waals surface area contributed by atoms with Gasteiger partial charge < -0.3 is 15.2 Å². The van der Waals surface area contributed by atoms with Crippen molar-refractivity contribution in [3.8, 4) is 5.75 Å². The average Bonchev–Trinajstić information content (AvgIpc) is 2.48. The van der Waals surface area contributed by atoms with Gasteiger partial charge >= 0.3 is 0 Å². The number of anilines is 1. The van der Waals surface area contributed by atoms with E-state index >= 15 is 0 Å². The lowest BCUT2D eigenvalue weighted by atomic mass is 10.1. The van der Waals surface area contributed by atoms with Gasteiger partial charge in [0.15, 0.2) is 11.6 Å². The van der Waals surface area contributed by atoms with Crippen LogP contribution in [0.2, 0.25) is 0 Å². The highest BCUT2D eigenvalue weighted by molar-refractivity contribution is 5.57. The molecule has 20 heavy (non-hydrogen) atoms. The number of hydrogen-bond acceptors (Lipinski definition) is 3. The Morgan fingerprint density at radius 1 is 1.15 bits per heavy atom. The van der Waals surface area contributed by atoms with Crippen LogP contribution in [-0.4, -0.2) is 18.8 Å². The fourth-order valence-corrected chi connectivity index (χ4v) is 1.92. The Hall–Kier alpha value is -2.14. The Balaban J connectivity index is 2.26. The minimum Gasteiger partial charge on any atom is -0.495 e. The van der Waals surface area contributed by atoms with Crippen molar-refractivity contribution in [3.63, 3.8) is 0 Å². The van der Waals surface area contributed by atoms with E-state index in [2.05, 4.69) is 5.32 Å². The molecule has 3 nitrogen and oxygen atoms in total. The van der Waals surface area contributed by atoms with Crippen molar-refractivity contribution in [2.45, 2.75) is 6.04 Å². The quantitative estimate of drug-likeness (QED) is 0.883. The summed E-state index contributed by atoms with van der Waals surface area (Å²) in [5.74, 6) is -1.25. The lowest BCUT2D eigenvalue weighted by molar-refractivity contribution is 0.275. The molecule has 2 N–H and O–H groups in total. The third-order valence-corrected chi connectivity index (χ3v) is 2.97. The standard InChI is InChI=1S/C15H15F2NO2/c1-20-15-5-3-2-4-13(15)18-14(9-19)10-6-7-11(16)12(17)8-10/h2-8,14,18-19H,9H2,1H3. The van der Waals surface area contributed by atoms with Crippen LogP contribution >= 0.6 is 0 Å². The van der Waals surface area contributed by atoms with Gasteiger partial charge in [0.25, 0.3) is 0 Å². The molecule has 2 aromatic rings. The first-order valence-electron chi connectivity index (χ1n) is 6.11. The maximum Gasteiger partial charge on any atom is 0.159 e. The van der Waals surface area contributed by atoms with E-state index in [1.807, 2.05) is 12.1 Å². The molecule has 0 aliphatic heterocycles. The summed E-state index contributed by atoms with van der Waals surface area (Å²) in [4.78, 5) is 0. The summed E-state index contributed by atoms with van der Waals surface area (Å²) in [7, 11) is 1.53. The summed E-state index contributed by atoms with van der Waals surface area (Å²) < 4.78 is 31.4. The SMILES string of the molecule is COc1ccccc1NC(CO)c1ccc(F)c(F)c1. The molecule has 5 heteroatoms. The van der Waals surface area contributed by atoms with Crippen LogP contribution < -0.4 is 10.1 Å². The number of aliphatic hydroxyl groups excluding tert-OH is 1. The molecule has 1 unspecified atom stereocenters. The lowest BCUT2D eigenvalue weighted by Gasteiger charge is -2.20. The van der Waals surface area contributed by atoms with E-state index in [9.17, 15) is 13.9 Å². The van der Waals surface area contributed by atoms with E-state index in [1.165, 1.54) is 13.2 Å². The first-order valence-corrected chi connectivity index (χ1v) is 6.11. The normalized spacial score (nSPS) is 12.0. The highest BCUT2D eigenvalue weighted by atomic mass is 19.2. The van der Waals surface area contributed by atoms with E-state index in [4.69, 9.17) is 4.74 Å². The van der Waals surface area contributed by atoms with Crippen LogP contribution in [-0.2, 0) is 0 Å². The Kier molecular flexibility index (Phi) is 4.53. The Morgan fingerprint density at radius 3 is 2.55 bits per heavy atom. The predicted octanol–water partition coefficient (Wildman–Crippen LogP) is 3.12. The van der Waals surface area contributed by atoms with Crippen molar-refractivity contribution in [2.24, 2.45) is 0 Å². The number of benzene rings is 2. The van der Waals surface area contributed by atoms with Crippen molar-refractivity contribution in [2.75, 3.05) is 19.0 Å². The van der Waals surface area contributed by atoms with Gasteiger partial charge in [-0.15, -0.1) is 0 Å². The van der Waals surface area contributed by atoms with E-state index in [0.29, 0.717) is 17.0 Å². The molecule has 0 heterocycles. The van der Waals surface area contributed by atoms with Crippen LogP contribution in [0.15, 0.2) is 42.5 Å². The Morgan fingerprint density at radius 2 is 1.90 bits per heavy atom. The minimum absolute atomic E-state index is 0.261. The zero-order valence-electron chi connectivity index (χ0n) is 10.9. The maximum atomic E-state index is 13.3. The van der Waals surface area contributed by atoms with Crippen molar-refractivity contribution in [1.29, 1.82) is 0 Å². The van der Waals surface area contributed by atoms with E-state index in [-0.39, 0.29) is 6.61 Å². The van der Waals surface area contributed by atoms with Gasteiger partial charge in [-0.1, -0.05) is 18.2 Å². The van der Waals surface area contributed by atoms with Gasteiger partial charge in [0, 0.05) is 0 Å². The smallest absolute Gasteiger partial charge is 0.159 e. The second-order valence-electron chi connectivity index (χ2n) is 4.25. The van der Waals surface area contributed by atoms with Crippen LogP contribution in [0.3, 0.4) is 0 Å². The molecule has 0 fully saturated rings. The fraction of sp³-hybridized carbons (Fsp3) is 0.200. The van der Waals surface area contributed by atoms with Gasteiger partial charge in [0.1, 0.15) is 5.75 Å². The van der Waals surface area contributed by atoms with Crippen LogP contribution in [0.25, 0.3) is 0 Å². The molecule has 0 amide bonds. The topological polar surface area (TPSA) is 41.5 Å². The number of methoxy groups -OCH3 is 1. The minimum atomic E-state index is -0.942. The number of nitrogens with one attached hydrogen (secondary N) is 1. The third-order valence-electron chi connectivity index (χ3n) is 2.97. The maximum absolute atomic E-state index is 13.3. The fourth-order valence-electron chi connectivity index (χ4n) is 1.92. The number of aliphatic hydroxyl groups is 1. The third kappa shape index (κ3) is 3.05. The summed E-state index contributed by atoms with van der Waals surface area (Å²) in [5.41, 5.74) is 1.12. The first-order chi connectivity index (χ1) is 9.65. The molecular formula is C15H15F2NO2. The molecule has 0 aliphatic rings. The molecular weight excluding hydrogens is 264 g/mol. The van der Waals surface area contributed by atoms with Gasteiger partial charge in [-0.3, -0.25) is 0 Å². The Bertz CT molecular complexity index is 590. The molecule has 0 radical (unpaired) electrons. The number of ether oxygens (including phenoxy) is 1. The van der Waals surface area contributed by atoms with Gasteiger partial charge in [-0.2, -0.15) is 0 Å². The average molecular weight is 279 g/mol. The molecule has 0 spiro atoms. The first kappa shape index (κ1) is 14.3. The summed E-state index contributed by atoms with van der Waals surface area (Å²) in [6.45, 7) is -0.261. The second kappa shape index (κ2) is 6.34. The van der Waals surface area contributed by atoms with Crippen LogP contribution in [0, 0.1) is 11.6 Å². The summed E-state index contributed by atoms with van der Waals surface area (Å²) in [6.07, 6.45) is 0. The van der Waals surface area contributed by atoms with Crippen molar-refractivity contribution < 1.29 is 18.6 Å². The Labute approximate surface area is 115 Å². The van der Waals surface area contributed by atoms with Gasteiger partial charge in [-0.25, -0.2) is 8.78 Å². The zero-order chi connectivity index (χ0) is 14.5. The van der Waals surface area contributed by atoms with Crippen LogP contribution in [0.4, 0.5) is 14.5 Å². The summed E-state index contributed by atoms with van der Waals surface area (Å²) >= 11 is 0. The van der Waals surface area contributed by atoms with E-state index in [0.717, 1.165) is 12.1 Å². The number of halogens is 2. The zero-order valence-corrected chi connectivity index (χ0v) is 10.9. The number of para-hydroxylation sites is 2. The molecule has 0 aliphatic carbocycles. The number of rotatable bonds is 5. The predicted molar refractivity (Wildman–Crippen MR) is 72.8 cm³/mol. The molecule has 0 saturated heterocycles. The van der Waals surface area contributed by atoms with Gasteiger partial charge in [0.05, 0.1) is 25.4 Å². The molecule has 2 aromatic carbocycles. The molecule has 0 bridgehead atoms. The van der Waals surface area contributed by atoms with E-state index < -0.39 is 17.7 Å². The van der Waals surface area contributed by atoms with Gasteiger partial charge in [0.2, 0.25) is 0 Å². The van der Waals surface area contributed by atoms with Crippen LogP contribution in [0.1, 0.15) is 11.6 Å². The van der Waals surface area contributed by atoms with Gasteiger partial charge in [-0.05, 0) is 29.8 Å². The van der Waals surface area contributed by atoms with Crippen molar-refractivity contribution in [1.82, 2.24) is 0 Å². The highest BCUT2D eigenvalue weighted by Crippen LogP contribution is 2.28. The molecule has 2 rings (SSSR count). The van der Waals surface area contributed by atoms with Crippen LogP contribution in [0.5, 0.6) is 5.75 Å². The largest absolute Gasteiger partial charge is 0.495 e. The van der Waals surface area contributed by atoms with Crippen molar-refractivity contribution in [3.05, 3.63) is 59.7 Å². The summed E-state index contributed by atoms with van der Waals surface area (Å²) in [6, 6.07) is 10.2. The highest BCUT2D eigenvalue weighted by Gasteiger charge is 2.14. The molecule has 0 aromatic heterocycles. The monoisotopic (exact) mass is 279 g/mol.